The molecule has 0 aliphatic rings. The first-order chi connectivity index (χ1) is 18.3. The lowest BCUT2D eigenvalue weighted by Crippen LogP contribution is -2.33. The third-order valence-electron chi connectivity index (χ3n) is 6.94. The standard InChI is InChI=1S/C28H38N6O3S/c1-5-34(6-2)17-10-18-38(35,36)32-25(16-13-21-11-8-7-9-12-21)28-29-27(30-31-28)24-20-33(3)26-19-22(37-4)14-15-23(24)26/h7-9,11-12,14-15,19-20,25,32H,5-6,10,13,16-18H2,1-4H3,(H,29,30,31)/t25-/m1/s1. The number of rotatable bonds is 14. The highest BCUT2D eigenvalue weighted by Gasteiger charge is 2.24. The first kappa shape index (κ1) is 27.8. The fourth-order valence-electron chi connectivity index (χ4n) is 4.72. The normalized spacial score (nSPS) is 12.9. The monoisotopic (exact) mass is 538 g/mol. The lowest BCUT2D eigenvalue weighted by Gasteiger charge is -2.19. The van der Waals surface area contributed by atoms with E-state index in [0.29, 0.717) is 30.9 Å². The molecule has 0 saturated carbocycles. The van der Waals surface area contributed by atoms with Crippen LogP contribution in [0, 0.1) is 0 Å². The van der Waals surface area contributed by atoms with Gasteiger partial charge in [-0.1, -0.05) is 44.2 Å². The first-order valence-corrected chi connectivity index (χ1v) is 14.8. The number of ether oxygens (including phenoxy) is 1. The molecule has 0 bridgehead atoms. The Bertz CT molecular complexity index is 1430. The maximum atomic E-state index is 13.1. The third-order valence-corrected chi connectivity index (χ3v) is 8.41. The Balaban J connectivity index is 1.57. The zero-order valence-corrected chi connectivity index (χ0v) is 23.5. The Labute approximate surface area is 225 Å². The van der Waals surface area contributed by atoms with Crippen LogP contribution in [0.3, 0.4) is 0 Å². The molecule has 1 atom stereocenters. The molecule has 0 amide bonds. The van der Waals surface area contributed by atoms with Gasteiger partial charge in [-0.25, -0.2) is 18.1 Å². The number of sulfonamides is 1. The lowest BCUT2D eigenvalue weighted by molar-refractivity contribution is 0.304. The summed E-state index contributed by atoms with van der Waals surface area (Å²) in [6.07, 6.45) is 3.81. The Morgan fingerprint density at radius 2 is 1.89 bits per heavy atom. The van der Waals surface area contributed by atoms with Crippen LogP contribution in [0.1, 0.15) is 44.1 Å². The molecule has 2 aromatic heterocycles. The van der Waals surface area contributed by atoms with Gasteiger partial charge < -0.3 is 14.2 Å². The number of H-pyrrole nitrogens is 1. The summed E-state index contributed by atoms with van der Waals surface area (Å²) in [4.78, 5) is 7.00. The minimum Gasteiger partial charge on any atom is -0.497 e. The maximum absolute atomic E-state index is 13.1. The second-order valence-corrected chi connectivity index (χ2v) is 11.3. The second-order valence-electron chi connectivity index (χ2n) is 9.48. The highest BCUT2D eigenvalue weighted by molar-refractivity contribution is 7.89. The van der Waals surface area contributed by atoms with Crippen LogP contribution in [-0.4, -0.2) is 65.6 Å². The molecule has 4 aromatic rings. The summed E-state index contributed by atoms with van der Waals surface area (Å²) in [5, 5.41) is 8.50. The van der Waals surface area contributed by atoms with Crippen LogP contribution in [0.5, 0.6) is 5.75 Å². The lowest BCUT2D eigenvalue weighted by atomic mass is 10.1. The molecule has 204 valence electrons. The van der Waals surface area contributed by atoms with Crippen molar-refractivity contribution < 1.29 is 13.2 Å². The maximum Gasteiger partial charge on any atom is 0.212 e. The van der Waals surface area contributed by atoms with E-state index in [-0.39, 0.29) is 5.75 Å². The van der Waals surface area contributed by atoms with Crippen molar-refractivity contribution in [3.63, 3.8) is 0 Å². The third kappa shape index (κ3) is 6.80. The second kappa shape index (κ2) is 12.6. The van der Waals surface area contributed by atoms with Crippen molar-refractivity contribution in [3.05, 3.63) is 66.1 Å². The van der Waals surface area contributed by atoms with E-state index in [9.17, 15) is 8.42 Å². The molecular formula is C28H38N6O3S. The number of aromatic nitrogens is 4. The molecule has 4 rings (SSSR count). The van der Waals surface area contributed by atoms with Crippen molar-refractivity contribution in [1.82, 2.24) is 29.4 Å². The summed E-state index contributed by atoms with van der Waals surface area (Å²) in [5.74, 6) is 1.88. The van der Waals surface area contributed by atoms with Crippen LogP contribution in [0.15, 0.2) is 54.7 Å². The summed E-state index contributed by atoms with van der Waals surface area (Å²) in [5.41, 5.74) is 3.01. The average Bonchev–Trinajstić information content (AvgIpc) is 3.54. The zero-order chi connectivity index (χ0) is 27.1. The van der Waals surface area contributed by atoms with E-state index in [1.165, 1.54) is 0 Å². The van der Waals surface area contributed by atoms with E-state index in [2.05, 4.69) is 33.7 Å². The molecule has 10 heteroatoms. The highest BCUT2D eigenvalue weighted by atomic mass is 32.2. The summed E-state index contributed by atoms with van der Waals surface area (Å²) in [7, 11) is 0.0902. The summed E-state index contributed by atoms with van der Waals surface area (Å²) >= 11 is 0. The Kier molecular flexibility index (Phi) is 9.19. The van der Waals surface area contributed by atoms with Crippen LogP contribution >= 0.6 is 0 Å². The van der Waals surface area contributed by atoms with E-state index in [1.807, 2.05) is 66.3 Å². The number of aromatic amines is 1. The molecule has 38 heavy (non-hydrogen) atoms. The van der Waals surface area contributed by atoms with Gasteiger partial charge in [0.15, 0.2) is 5.82 Å². The average molecular weight is 539 g/mol. The molecule has 0 aliphatic carbocycles. The van der Waals surface area contributed by atoms with E-state index in [1.54, 1.807) is 7.11 Å². The van der Waals surface area contributed by atoms with Gasteiger partial charge in [-0.2, -0.15) is 5.10 Å². The highest BCUT2D eigenvalue weighted by Crippen LogP contribution is 2.31. The largest absolute Gasteiger partial charge is 0.497 e. The Hall–Kier alpha value is -3.21. The van der Waals surface area contributed by atoms with E-state index >= 15 is 0 Å². The van der Waals surface area contributed by atoms with Crippen LogP contribution in [0.2, 0.25) is 0 Å². The number of aryl methyl sites for hydroxylation is 2. The van der Waals surface area contributed by atoms with Crippen LogP contribution in [0.25, 0.3) is 22.3 Å². The van der Waals surface area contributed by atoms with Crippen LogP contribution < -0.4 is 9.46 Å². The number of nitrogens with zero attached hydrogens (tertiary/aromatic N) is 4. The van der Waals surface area contributed by atoms with Gasteiger partial charge in [0.25, 0.3) is 0 Å². The topological polar surface area (TPSA) is 105 Å². The van der Waals surface area contributed by atoms with Crippen LogP contribution in [-0.2, 0) is 23.5 Å². The summed E-state index contributed by atoms with van der Waals surface area (Å²) in [6.45, 7) is 6.74. The molecule has 2 heterocycles. The molecular weight excluding hydrogens is 500 g/mol. The van der Waals surface area contributed by atoms with E-state index in [0.717, 1.165) is 47.4 Å². The summed E-state index contributed by atoms with van der Waals surface area (Å²) in [6, 6.07) is 15.4. The molecule has 9 nitrogen and oxygen atoms in total. The van der Waals surface area contributed by atoms with Crippen LogP contribution in [0.4, 0.5) is 0 Å². The van der Waals surface area contributed by atoms with Crippen molar-refractivity contribution in [3.8, 4) is 17.1 Å². The number of nitrogens with one attached hydrogen (secondary N) is 2. The predicted octanol–water partition coefficient (Wildman–Crippen LogP) is 4.30. The van der Waals surface area contributed by atoms with Gasteiger partial charge in [-0.3, -0.25) is 5.10 Å². The van der Waals surface area contributed by atoms with Gasteiger partial charge in [-0.15, -0.1) is 0 Å². The Morgan fingerprint density at radius 3 is 2.61 bits per heavy atom. The van der Waals surface area contributed by atoms with Gasteiger partial charge in [0.1, 0.15) is 11.6 Å². The van der Waals surface area contributed by atoms with Gasteiger partial charge in [0, 0.05) is 30.3 Å². The van der Waals surface area contributed by atoms with E-state index in [4.69, 9.17) is 9.72 Å². The van der Waals surface area contributed by atoms with E-state index < -0.39 is 16.1 Å². The Morgan fingerprint density at radius 1 is 1.13 bits per heavy atom. The fourth-order valence-corrected chi connectivity index (χ4v) is 6.01. The van der Waals surface area contributed by atoms with Gasteiger partial charge in [-0.05, 0) is 56.6 Å². The molecule has 0 aliphatic heterocycles. The van der Waals surface area contributed by atoms with Gasteiger partial charge in [0.2, 0.25) is 10.0 Å². The number of hydrogen-bond donors (Lipinski definition) is 2. The van der Waals surface area contributed by atoms with Gasteiger partial charge in [0.05, 0.1) is 24.4 Å². The zero-order valence-electron chi connectivity index (χ0n) is 22.6. The predicted molar refractivity (Wildman–Crippen MR) is 152 cm³/mol. The molecule has 2 N–H and O–H groups in total. The van der Waals surface area contributed by atoms with Crippen molar-refractivity contribution in [2.75, 3.05) is 32.5 Å². The first-order valence-electron chi connectivity index (χ1n) is 13.2. The van der Waals surface area contributed by atoms with Crippen molar-refractivity contribution in [2.45, 2.75) is 39.2 Å². The molecule has 0 fully saturated rings. The molecule has 0 saturated heterocycles. The minimum absolute atomic E-state index is 0.0670. The van der Waals surface area contributed by atoms with Crippen molar-refractivity contribution in [2.24, 2.45) is 7.05 Å². The molecule has 0 radical (unpaired) electrons. The smallest absolute Gasteiger partial charge is 0.212 e. The quantitative estimate of drug-likeness (QED) is 0.248. The SMILES string of the molecule is CCN(CC)CCCS(=O)(=O)N[C@H](CCc1ccccc1)c1nc(-c2cn(C)c3cc(OC)ccc23)n[nH]1. The van der Waals surface area contributed by atoms with Crippen molar-refractivity contribution >= 4 is 20.9 Å². The number of hydrogen-bond acceptors (Lipinski definition) is 6. The molecule has 2 aromatic carbocycles. The number of methoxy groups -OCH3 is 1. The molecule has 0 unspecified atom stereocenters. The summed E-state index contributed by atoms with van der Waals surface area (Å²) < 4.78 is 36.5. The minimum atomic E-state index is -3.52. The van der Waals surface area contributed by atoms with Gasteiger partial charge >= 0.3 is 0 Å². The van der Waals surface area contributed by atoms with Crippen molar-refractivity contribution in [1.29, 1.82) is 0 Å². The number of benzene rings is 2. The fraction of sp³-hybridized carbons (Fsp3) is 0.429. The number of fused-ring (bicyclic) bond motifs is 1. The molecule has 0 spiro atoms.